The Hall–Kier alpha value is -1.83. The predicted octanol–water partition coefficient (Wildman–Crippen LogP) is 0.912. The fourth-order valence-electron chi connectivity index (χ4n) is 1.31. The van der Waals surface area contributed by atoms with Crippen LogP contribution in [0.4, 0.5) is 0 Å². The Labute approximate surface area is 116 Å². The quantitative estimate of drug-likeness (QED) is 0.807. The molecule has 0 aliphatic rings. The van der Waals surface area contributed by atoms with E-state index in [0.29, 0.717) is 0 Å². The summed E-state index contributed by atoms with van der Waals surface area (Å²) in [5.74, 6) is -3.12. The molecule has 1 heterocycles. The molecule has 1 atom stereocenters. The first kappa shape index (κ1) is 16.2. The van der Waals surface area contributed by atoms with Gasteiger partial charge in [0.1, 0.15) is 5.75 Å². The molecule has 7 nitrogen and oxygen atoms in total. The normalized spacial score (nSPS) is 13.2. The number of carbonyl (C=O) groups excluding carboxylic acids is 1. The Bertz CT molecular complexity index is 601. The molecule has 0 saturated carbocycles. The topological polar surface area (TPSA) is 114 Å². The van der Waals surface area contributed by atoms with Crippen molar-refractivity contribution >= 4 is 21.7 Å². The summed E-state index contributed by atoms with van der Waals surface area (Å²) in [6.07, 6.45) is 0. The Morgan fingerprint density at radius 1 is 1.30 bits per heavy atom. The lowest BCUT2D eigenvalue weighted by atomic mass is 10.1. The van der Waals surface area contributed by atoms with Crippen LogP contribution in [0, 0.1) is 5.92 Å². The van der Waals surface area contributed by atoms with E-state index in [1.54, 1.807) is 6.92 Å². The van der Waals surface area contributed by atoms with Gasteiger partial charge >= 0.3 is 5.97 Å². The third kappa shape index (κ3) is 4.09. The average Bonchev–Trinajstić information content (AvgIpc) is 2.77. The van der Waals surface area contributed by atoms with E-state index in [2.05, 4.69) is 5.32 Å². The van der Waals surface area contributed by atoms with Crippen LogP contribution in [0.25, 0.3) is 0 Å². The number of carboxylic acid groups (broad SMARTS) is 1. The average molecular weight is 303 g/mol. The monoisotopic (exact) mass is 303 g/mol. The summed E-state index contributed by atoms with van der Waals surface area (Å²) in [5.41, 5.74) is 0. The zero-order valence-electron chi connectivity index (χ0n) is 11.4. The first-order valence-electron chi connectivity index (χ1n) is 5.98. The lowest BCUT2D eigenvalue weighted by Crippen LogP contribution is -2.39. The van der Waals surface area contributed by atoms with E-state index in [4.69, 9.17) is 9.52 Å². The maximum absolute atomic E-state index is 11.9. The van der Waals surface area contributed by atoms with E-state index in [-0.39, 0.29) is 12.0 Å². The molecule has 0 bridgehead atoms. The van der Waals surface area contributed by atoms with E-state index < -0.39 is 38.3 Å². The molecule has 20 heavy (non-hydrogen) atoms. The van der Waals surface area contributed by atoms with Crippen LogP contribution >= 0.6 is 0 Å². The van der Waals surface area contributed by atoms with Gasteiger partial charge in [-0.05, 0) is 25.0 Å². The minimum atomic E-state index is -3.99. The first-order valence-corrected chi connectivity index (χ1v) is 7.64. The van der Waals surface area contributed by atoms with Gasteiger partial charge in [0, 0.05) is 6.04 Å². The van der Waals surface area contributed by atoms with Gasteiger partial charge in [0.05, 0.1) is 0 Å². The van der Waals surface area contributed by atoms with Gasteiger partial charge in [0.2, 0.25) is 26.6 Å². The van der Waals surface area contributed by atoms with Crippen molar-refractivity contribution in [3.63, 3.8) is 0 Å². The Morgan fingerprint density at radius 3 is 2.35 bits per heavy atom. The molecule has 8 heteroatoms. The Balaban J connectivity index is 2.79. The molecular weight excluding hydrogens is 286 g/mol. The van der Waals surface area contributed by atoms with Crippen LogP contribution in [-0.2, 0) is 14.6 Å². The minimum absolute atomic E-state index is 0.163. The van der Waals surface area contributed by atoms with Crippen LogP contribution in [0.1, 0.15) is 31.3 Å². The minimum Gasteiger partial charge on any atom is -0.475 e. The largest absolute Gasteiger partial charge is 0.475 e. The lowest BCUT2D eigenvalue weighted by molar-refractivity contribution is -0.119. The Morgan fingerprint density at radius 2 is 1.90 bits per heavy atom. The van der Waals surface area contributed by atoms with Crippen LogP contribution in [0.5, 0.6) is 0 Å². The lowest BCUT2D eigenvalue weighted by Gasteiger charge is -2.17. The number of hydrogen-bond acceptors (Lipinski definition) is 5. The summed E-state index contributed by atoms with van der Waals surface area (Å²) in [6, 6.07) is 1.89. The molecule has 112 valence electrons. The number of carboxylic acids is 1. The maximum Gasteiger partial charge on any atom is 0.371 e. The number of hydrogen-bond donors (Lipinski definition) is 2. The highest BCUT2D eigenvalue weighted by molar-refractivity contribution is 7.92. The summed E-state index contributed by atoms with van der Waals surface area (Å²) >= 11 is 0. The second kappa shape index (κ2) is 6.08. The van der Waals surface area contributed by atoms with Crippen molar-refractivity contribution in [3.05, 3.63) is 17.9 Å². The molecule has 0 aromatic carbocycles. The maximum atomic E-state index is 11.9. The molecule has 1 aromatic heterocycles. The van der Waals surface area contributed by atoms with Crippen LogP contribution in [0.15, 0.2) is 21.6 Å². The van der Waals surface area contributed by atoms with E-state index in [1.165, 1.54) is 0 Å². The standard InChI is InChI=1S/C12H17NO6S/c1-7(2)8(3)13-10(14)6-20(17,18)11-5-4-9(19-11)12(15)16/h4-5,7-8H,6H2,1-3H3,(H,13,14)(H,15,16). The van der Waals surface area contributed by atoms with Crippen molar-refractivity contribution in [2.45, 2.75) is 31.9 Å². The number of nitrogens with one attached hydrogen (secondary N) is 1. The molecule has 1 aromatic rings. The van der Waals surface area contributed by atoms with Crippen molar-refractivity contribution in [1.82, 2.24) is 5.32 Å². The van der Waals surface area contributed by atoms with Crippen LogP contribution in [0.3, 0.4) is 0 Å². The number of furan rings is 1. The summed E-state index contributed by atoms with van der Waals surface area (Å²) in [5, 5.41) is 10.7. The Kier molecular flexibility index (Phi) is 4.93. The van der Waals surface area contributed by atoms with Gasteiger partial charge in [0.25, 0.3) is 0 Å². The smallest absolute Gasteiger partial charge is 0.371 e. The first-order chi connectivity index (χ1) is 9.13. The molecule has 1 unspecified atom stereocenters. The van der Waals surface area contributed by atoms with Gasteiger partial charge in [0.15, 0.2) is 0 Å². The SMILES string of the molecule is CC(C)C(C)NC(=O)CS(=O)(=O)c1ccc(C(=O)O)o1. The third-order valence-corrected chi connectivity index (χ3v) is 4.28. The molecule has 0 radical (unpaired) electrons. The number of rotatable bonds is 6. The summed E-state index contributed by atoms with van der Waals surface area (Å²) in [6.45, 7) is 5.56. The highest BCUT2D eigenvalue weighted by atomic mass is 32.2. The van der Waals surface area contributed by atoms with Crippen LogP contribution in [0.2, 0.25) is 0 Å². The summed E-state index contributed by atoms with van der Waals surface area (Å²) in [7, 11) is -3.99. The number of aromatic carboxylic acids is 1. The highest BCUT2D eigenvalue weighted by Gasteiger charge is 2.25. The van der Waals surface area contributed by atoms with Gasteiger partial charge < -0.3 is 14.8 Å². The van der Waals surface area contributed by atoms with Crippen molar-refractivity contribution in [3.8, 4) is 0 Å². The second-order valence-electron chi connectivity index (χ2n) is 4.78. The summed E-state index contributed by atoms with van der Waals surface area (Å²) in [4.78, 5) is 22.3. The zero-order valence-corrected chi connectivity index (χ0v) is 12.2. The summed E-state index contributed by atoms with van der Waals surface area (Å²) < 4.78 is 28.5. The zero-order chi connectivity index (χ0) is 15.5. The van der Waals surface area contributed by atoms with E-state index in [9.17, 15) is 18.0 Å². The molecule has 0 fully saturated rings. The number of sulfone groups is 1. The van der Waals surface area contributed by atoms with Gasteiger partial charge in [-0.15, -0.1) is 0 Å². The fourth-order valence-corrected chi connectivity index (χ4v) is 2.37. The van der Waals surface area contributed by atoms with Gasteiger partial charge in [-0.25, -0.2) is 13.2 Å². The second-order valence-corrected chi connectivity index (χ2v) is 6.70. The molecule has 2 N–H and O–H groups in total. The highest BCUT2D eigenvalue weighted by Crippen LogP contribution is 2.15. The molecule has 1 rings (SSSR count). The molecule has 1 amide bonds. The van der Waals surface area contributed by atoms with Crippen LogP contribution < -0.4 is 5.32 Å². The predicted molar refractivity (Wildman–Crippen MR) is 70.2 cm³/mol. The van der Waals surface area contributed by atoms with Gasteiger partial charge in [-0.2, -0.15) is 0 Å². The van der Waals surface area contributed by atoms with Gasteiger partial charge in [-0.3, -0.25) is 4.79 Å². The van der Waals surface area contributed by atoms with E-state index in [1.807, 2.05) is 13.8 Å². The van der Waals surface area contributed by atoms with Crippen molar-refractivity contribution in [2.75, 3.05) is 5.75 Å². The third-order valence-electron chi connectivity index (χ3n) is 2.81. The van der Waals surface area contributed by atoms with Crippen molar-refractivity contribution in [2.24, 2.45) is 5.92 Å². The molecule has 0 spiro atoms. The number of amides is 1. The van der Waals surface area contributed by atoms with E-state index >= 15 is 0 Å². The van der Waals surface area contributed by atoms with Crippen LogP contribution in [-0.4, -0.2) is 37.2 Å². The van der Waals surface area contributed by atoms with Crippen molar-refractivity contribution in [1.29, 1.82) is 0 Å². The van der Waals surface area contributed by atoms with Gasteiger partial charge in [-0.1, -0.05) is 13.8 Å². The molecule has 0 saturated heterocycles. The molecular formula is C12H17NO6S. The van der Waals surface area contributed by atoms with E-state index in [0.717, 1.165) is 12.1 Å². The fraction of sp³-hybridized carbons (Fsp3) is 0.500. The molecule has 0 aliphatic heterocycles. The molecule has 0 aliphatic carbocycles. The number of carbonyl (C=O) groups is 2. The van der Waals surface area contributed by atoms with Crippen molar-refractivity contribution < 1.29 is 27.5 Å².